The van der Waals surface area contributed by atoms with E-state index >= 15 is 0 Å². The van der Waals surface area contributed by atoms with Gasteiger partial charge in [0, 0.05) is 0 Å². The van der Waals surface area contributed by atoms with Crippen LogP contribution in [0.3, 0.4) is 0 Å². The van der Waals surface area contributed by atoms with E-state index < -0.39 is 5.41 Å². The highest BCUT2D eigenvalue weighted by molar-refractivity contribution is 5.87. The van der Waals surface area contributed by atoms with Gasteiger partial charge in [-0.05, 0) is 30.4 Å². The number of carbonyl (C=O) groups is 1. The molecule has 1 saturated heterocycles. The average Bonchev–Trinajstić information content (AvgIpc) is 2.72. The van der Waals surface area contributed by atoms with Gasteiger partial charge in [-0.2, -0.15) is 0 Å². The molecule has 0 aromatic heterocycles. The van der Waals surface area contributed by atoms with Crippen LogP contribution in [0.5, 0.6) is 0 Å². The van der Waals surface area contributed by atoms with E-state index in [0.29, 0.717) is 6.61 Å². The third-order valence-corrected chi connectivity index (χ3v) is 4.06. The van der Waals surface area contributed by atoms with Gasteiger partial charge in [0.15, 0.2) is 0 Å². The highest BCUT2D eigenvalue weighted by Gasteiger charge is 2.43. The van der Waals surface area contributed by atoms with Crippen LogP contribution in [0.1, 0.15) is 30.4 Å². The van der Waals surface area contributed by atoms with Crippen molar-refractivity contribution in [2.45, 2.75) is 24.7 Å². The summed E-state index contributed by atoms with van der Waals surface area (Å²) >= 11 is 0. The van der Waals surface area contributed by atoms with Crippen molar-refractivity contribution in [1.29, 1.82) is 0 Å². The maximum atomic E-state index is 12.7. The van der Waals surface area contributed by atoms with Crippen LogP contribution in [-0.2, 0) is 14.9 Å². The lowest BCUT2D eigenvalue weighted by molar-refractivity contribution is -0.147. The van der Waals surface area contributed by atoms with Gasteiger partial charge in [0.05, 0.1) is 6.61 Å². The fourth-order valence-corrected chi connectivity index (χ4v) is 3.02. The zero-order chi connectivity index (χ0) is 13.8. The Labute approximate surface area is 119 Å². The lowest BCUT2D eigenvalue weighted by Gasteiger charge is -2.31. The molecule has 3 rings (SSSR count). The summed E-state index contributed by atoms with van der Waals surface area (Å²) in [6, 6.07) is 20.0. The van der Waals surface area contributed by atoms with Gasteiger partial charge in [-0.15, -0.1) is 0 Å². The maximum Gasteiger partial charge on any atom is 0.321 e. The first-order valence-corrected chi connectivity index (χ1v) is 7.12. The number of hydrogen-bond acceptors (Lipinski definition) is 2. The lowest BCUT2D eigenvalue weighted by Crippen LogP contribution is -2.37. The molecular formula is C18H18O2. The molecule has 2 aromatic rings. The minimum Gasteiger partial charge on any atom is -0.465 e. The number of benzene rings is 2. The van der Waals surface area contributed by atoms with E-state index in [1.165, 1.54) is 0 Å². The van der Waals surface area contributed by atoms with E-state index in [9.17, 15) is 4.79 Å². The monoisotopic (exact) mass is 266 g/mol. The molecule has 0 aliphatic carbocycles. The van der Waals surface area contributed by atoms with Gasteiger partial charge in [-0.25, -0.2) is 0 Å². The van der Waals surface area contributed by atoms with E-state index in [1.807, 2.05) is 60.7 Å². The zero-order valence-corrected chi connectivity index (χ0v) is 11.4. The molecule has 0 N–H and O–H groups in total. The number of rotatable bonds is 2. The first-order valence-electron chi connectivity index (χ1n) is 7.12. The summed E-state index contributed by atoms with van der Waals surface area (Å²) in [4.78, 5) is 12.7. The predicted octanol–water partition coefficient (Wildman–Crippen LogP) is 3.70. The maximum absolute atomic E-state index is 12.7. The number of ether oxygens (including phenoxy) is 1. The number of esters is 1. The molecule has 20 heavy (non-hydrogen) atoms. The van der Waals surface area contributed by atoms with Gasteiger partial charge < -0.3 is 4.74 Å². The van der Waals surface area contributed by atoms with Crippen molar-refractivity contribution in [1.82, 2.24) is 0 Å². The van der Waals surface area contributed by atoms with Crippen molar-refractivity contribution in [2.75, 3.05) is 6.61 Å². The van der Waals surface area contributed by atoms with Crippen molar-refractivity contribution >= 4 is 5.97 Å². The second-order valence-corrected chi connectivity index (χ2v) is 5.23. The Hall–Kier alpha value is -2.09. The molecule has 2 aromatic carbocycles. The molecule has 1 heterocycles. The summed E-state index contributed by atoms with van der Waals surface area (Å²) in [7, 11) is 0. The Morgan fingerprint density at radius 3 is 1.90 bits per heavy atom. The summed E-state index contributed by atoms with van der Waals surface area (Å²) in [6.45, 7) is 0.528. The fourth-order valence-electron chi connectivity index (χ4n) is 3.02. The normalized spacial score (nSPS) is 18.1. The molecule has 0 radical (unpaired) electrons. The smallest absolute Gasteiger partial charge is 0.321 e. The Kier molecular flexibility index (Phi) is 3.55. The minimum atomic E-state index is -0.654. The fraction of sp³-hybridized carbons (Fsp3) is 0.278. The molecule has 0 bridgehead atoms. The van der Waals surface area contributed by atoms with Crippen LogP contribution < -0.4 is 0 Å². The predicted molar refractivity (Wildman–Crippen MR) is 78.5 cm³/mol. The molecule has 2 heteroatoms. The quantitative estimate of drug-likeness (QED) is 0.775. The van der Waals surface area contributed by atoms with E-state index in [-0.39, 0.29) is 5.97 Å². The molecule has 0 amide bonds. The summed E-state index contributed by atoms with van der Waals surface area (Å²) in [5, 5.41) is 0. The van der Waals surface area contributed by atoms with Gasteiger partial charge in [-0.1, -0.05) is 60.7 Å². The van der Waals surface area contributed by atoms with Crippen molar-refractivity contribution < 1.29 is 9.53 Å². The van der Waals surface area contributed by atoms with Gasteiger partial charge in [0.2, 0.25) is 0 Å². The molecule has 0 saturated carbocycles. The lowest BCUT2D eigenvalue weighted by atomic mass is 9.71. The Morgan fingerprint density at radius 2 is 1.35 bits per heavy atom. The van der Waals surface area contributed by atoms with E-state index in [1.54, 1.807) is 0 Å². The molecule has 2 nitrogen and oxygen atoms in total. The Balaban J connectivity index is 2.19. The van der Waals surface area contributed by atoms with Crippen LogP contribution in [0.2, 0.25) is 0 Å². The molecule has 0 unspecified atom stereocenters. The Bertz CT molecular complexity index is 535. The molecule has 1 fully saturated rings. The van der Waals surface area contributed by atoms with Crippen LogP contribution in [0.25, 0.3) is 0 Å². The van der Waals surface area contributed by atoms with Crippen molar-refractivity contribution in [2.24, 2.45) is 0 Å². The van der Waals surface area contributed by atoms with Crippen LogP contribution in [0.15, 0.2) is 60.7 Å². The summed E-state index contributed by atoms with van der Waals surface area (Å²) in [5.41, 5.74) is 1.40. The topological polar surface area (TPSA) is 26.3 Å². The minimum absolute atomic E-state index is 0.118. The largest absolute Gasteiger partial charge is 0.465 e. The van der Waals surface area contributed by atoms with Gasteiger partial charge in [-0.3, -0.25) is 4.79 Å². The second kappa shape index (κ2) is 5.49. The standard InChI is InChI=1S/C18H18O2/c19-17-18(13-7-8-14-20-17,15-9-3-1-4-10-15)16-11-5-2-6-12-16/h1-6,9-12H,7-8,13-14H2. The van der Waals surface area contributed by atoms with Crippen LogP contribution in [-0.4, -0.2) is 12.6 Å². The molecule has 1 aliphatic rings. The molecule has 1 aliphatic heterocycles. The summed E-state index contributed by atoms with van der Waals surface area (Å²) in [6.07, 6.45) is 2.74. The van der Waals surface area contributed by atoms with Crippen LogP contribution >= 0.6 is 0 Å². The first kappa shape index (κ1) is 12.9. The third-order valence-electron chi connectivity index (χ3n) is 4.06. The molecule has 102 valence electrons. The van der Waals surface area contributed by atoms with Gasteiger partial charge >= 0.3 is 5.97 Å². The first-order chi connectivity index (χ1) is 9.84. The van der Waals surface area contributed by atoms with E-state index in [2.05, 4.69) is 0 Å². The third kappa shape index (κ3) is 2.11. The highest BCUT2D eigenvalue weighted by atomic mass is 16.5. The van der Waals surface area contributed by atoms with Crippen molar-refractivity contribution in [3.8, 4) is 0 Å². The van der Waals surface area contributed by atoms with E-state index in [4.69, 9.17) is 4.74 Å². The number of hydrogen-bond donors (Lipinski definition) is 0. The van der Waals surface area contributed by atoms with Crippen molar-refractivity contribution in [3.63, 3.8) is 0 Å². The molecular weight excluding hydrogens is 248 g/mol. The zero-order valence-electron chi connectivity index (χ0n) is 11.4. The van der Waals surface area contributed by atoms with E-state index in [0.717, 1.165) is 30.4 Å². The summed E-state index contributed by atoms with van der Waals surface area (Å²) < 4.78 is 5.49. The van der Waals surface area contributed by atoms with Crippen LogP contribution in [0, 0.1) is 0 Å². The SMILES string of the molecule is O=C1OCCCCC1(c1ccccc1)c1ccccc1. The van der Waals surface area contributed by atoms with Crippen LogP contribution in [0.4, 0.5) is 0 Å². The van der Waals surface area contributed by atoms with Gasteiger partial charge in [0.1, 0.15) is 5.41 Å². The highest BCUT2D eigenvalue weighted by Crippen LogP contribution is 2.39. The molecule has 0 spiro atoms. The van der Waals surface area contributed by atoms with Gasteiger partial charge in [0.25, 0.3) is 0 Å². The number of carbonyl (C=O) groups excluding carboxylic acids is 1. The molecule has 0 atom stereocenters. The van der Waals surface area contributed by atoms with Crippen molar-refractivity contribution in [3.05, 3.63) is 71.8 Å². The number of cyclic esters (lactones) is 1. The Morgan fingerprint density at radius 1 is 0.800 bits per heavy atom. The average molecular weight is 266 g/mol. The summed E-state index contributed by atoms with van der Waals surface area (Å²) in [5.74, 6) is -0.118. The second-order valence-electron chi connectivity index (χ2n) is 5.23.